The van der Waals surface area contributed by atoms with Crippen LogP contribution in [-0.4, -0.2) is 30.4 Å². The summed E-state index contributed by atoms with van der Waals surface area (Å²) >= 11 is 0. The Labute approximate surface area is 206 Å². The van der Waals surface area contributed by atoms with Gasteiger partial charge in [-0.25, -0.2) is 0 Å². The van der Waals surface area contributed by atoms with E-state index in [1.54, 1.807) is 30.1 Å². The normalized spacial score (nSPS) is 10.5. The Balaban J connectivity index is 0.00000841. The van der Waals surface area contributed by atoms with E-state index in [1.807, 2.05) is 0 Å². The molecule has 1 aromatic rings. The Morgan fingerprint density at radius 2 is 1.13 bits per heavy atom. The summed E-state index contributed by atoms with van der Waals surface area (Å²) in [5.41, 5.74) is 0.172. The van der Waals surface area contributed by atoms with E-state index in [0.717, 1.165) is 12.8 Å². The zero-order valence-corrected chi connectivity index (χ0v) is 21.6. The Morgan fingerprint density at radius 1 is 0.733 bits per heavy atom. The van der Waals surface area contributed by atoms with Gasteiger partial charge in [0.25, 0.3) is 5.91 Å². The average molecular weight is 426 g/mol. The van der Waals surface area contributed by atoms with Gasteiger partial charge < -0.3 is 14.8 Å². The maximum atomic E-state index is 12.5. The Hall–Kier alpha value is -0.840. The van der Waals surface area contributed by atoms with Crippen LogP contribution in [0.1, 0.15) is 118 Å². The van der Waals surface area contributed by atoms with E-state index in [4.69, 9.17) is 0 Å². The molecular formula is C25H40NNaO3. The zero-order valence-electron chi connectivity index (χ0n) is 19.6. The fraction of sp³-hybridized carbons (Fsp3) is 0.680. The number of amides is 1. The topological polar surface area (TPSA) is 60.4 Å². The van der Waals surface area contributed by atoms with Crippen LogP contribution < -0.4 is 34.7 Å². The summed E-state index contributed by atoms with van der Waals surface area (Å²) in [5, 5.41) is 11.2. The molecule has 0 fully saturated rings. The fourth-order valence-electron chi connectivity index (χ4n) is 3.70. The van der Waals surface area contributed by atoms with Gasteiger partial charge in [-0.1, -0.05) is 109 Å². The van der Waals surface area contributed by atoms with Crippen LogP contribution in [0.15, 0.2) is 24.3 Å². The predicted molar refractivity (Wildman–Crippen MR) is 118 cm³/mol. The molecular weight excluding hydrogens is 385 g/mol. The number of carbonyl (C=O) groups is 2. The molecule has 1 aromatic carbocycles. The third-order valence-corrected chi connectivity index (χ3v) is 5.57. The molecule has 1 amide bonds. The number of rotatable bonds is 17. The van der Waals surface area contributed by atoms with E-state index < -0.39 is 5.97 Å². The molecule has 0 saturated carbocycles. The van der Waals surface area contributed by atoms with E-state index >= 15 is 0 Å². The maximum absolute atomic E-state index is 12.5. The molecule has 0 N–H and O–H groups in total. The second-order valence-electron chi connectivity index (χ2n) is 8.16. The SMILES string of the molecule is CCCCCCCCCCCCCCCCN(C)C(=O)c1ccccc1C(=O)[O-].[Na+]. The van der Waals surface area contributed by atoms with Gasteiger partial charge in [0.1, 0.15) is 0 Å². The van der Waals surface area contributed by atoms with Crippen LogP contribution in [0.5, 0.6) is 0 Å². The van der Waals surface area contributed by atoms with Crippen LogP contribution in [0.2, 0.25) is 0 Å². The van der Waals surface area contributed by atoms with Gasteiger partial charge in [0, 0.05) is 24.7 Å². The number of unbranched alkanes of at least 4 members (excludes halogenated alkanes) is 13. The van der Waals surface area contributed by atoms with Crippen molar-refractivity contribution in [1.29, 1.82) is 0 Å². The molecule has 0 heterocycles. The first-order valence-electron chi connectivity index (χ1n) is 11.6. The zero-order chi connectivity index (χ0) is 21.3. The van der Waals surface area contributed by atoms with Gasteiger partial charge in [0.05, 0.1) is 5.97 Å². The van der Waals surface area contributed by atoms with E-state index in [0.29, 0.717) is 6.54 Å². The Bertz CT molecular complexity index is 592. The molecule has 0 radical (unpaired) electrons. The molecule has 0 aliphatic heterocycles. The molecule has 0 aliphatic rings. The number of hydrogen-bond acceptors (Lipinski definition) is 3. The van der Waals surface area contributed by atoms with E-state index in [9.17, 15) is 14.7 Å². The van der Waals surface area contributed by atoms with E-state index in [2.05, 4.69) is 6.92 Å². The standard InChI is InChI=1S/C25H41NO3.Na/c1-3-4-5-6-7-8-9-10-11-12-13-14-15-18-21-26(2)24(27)22-19-16-17-20-23(22)25(28)29;/h16-17,19-20H,3-15,18,21H2,1-2H3,(H,28,29);/q;+1/p-1. The van der Waals surface area contributed by atoms with Crippen molar-refractivity contribution in [3.63, 3.8) is 0 Å². The molecule has 0 aliphatic carbocycles. The number of benzene rings is 1. The van der Waals surface area contributed by atoms with Gasteiger partial charge in [0.15, 0.2) is 0 Å². The summed E-state index contributed by atoms with van der Waals surface area (Å²) in [6.07, 6.45) is 18.2. The first-order chi connectivity index (χ1) is 14.1. The minimum Gasteiger partial charge on any atom is -0.545 e. The van der Waals surface area contributed by atoms with Gasteiger partial charge in [-0.3, -0.25) is 4.79 Å². The molecule has 4 nitrogen and oxygen atoms in total. The summed E-state index contributed by atoms with van der Waals surface area (Å²) in [6, 6.07) is 6.26. The minimum absolute atomic E-state index is 0. The summed E-state index contributed by atoms with van der Waals surface area (Å²) < 4.78 is 0. The van der Waals surface area contributed by atoms with Crippen molar-refractivity contribution in [3.05, 3.63) is 35.4 Å². The second-order valence-corrected chi connectivity index (χ2v) is 8.16. The van der Waals surface area contributed by atoms with Gasteiger partial charge >= 0.3 is 29.6 Å². The Kier molecular flexibility index (Phi) is 18.4. The molecule has 30 heavy (non-hydrogen) atoms. The summed E-state index contributed by atoms with van der Waals surface area (Å²) in [4.78, 5) is 25.2. The van der Waals surface area contributed by atoms with Crippen molar-refractivity contribution in [2.45, 2.75) is 96.8 Å². The predicted octanol–water partition coefficient (Wildman–Crippen LogP) is 2.61. The average Bonchev–Trinajstić information content (AvgIpc) is 2.73. The second kappa shape index (κ2) is 18.9. The van der Waals surface area contributed by atoms with Crippen LogP contribution in [0.25, 0.3) is 0 Å². The minimum atomic E-state index is -1.31. The van der Waals surface area contributed by atoms with Crippen molar-refractivity contribution in [2.75, 3.05) is 13.6 Å². The first-order valence-corrected chi connectivity index (χ1v) is 11.6. The number of hydrogen-bond donors (Lipinski definition) is 0. The van der Waals surface area contributed by atoms with Crippen LogP contribution in [0.4, 0.5) is 0 Å². The summed E-state index contributed by atoms with van der Waals surface area (Å²) in [5.74, 6) is -1.56. The van der Waals surface area contributed by atoms with Crippen molar-refractivity contribution >= 4 is 11.9 Å². The van der Waals surface area contributed by atoms with Gasteiger partial charge in [-0.2, -0.15) is 0 Å². The molecule has 0 aromatic heterocycles. The molecule has 164 valence electrons. The molecule has 0 atom stereocenters. The first kappa shape index (κ1) is 29.2. The molecule has 0 unspecified atom stereocenters. The van der Waals surface area contributed by atoms with Gasteiger partial charge in [-0.05, 0) is 12.5 Å². The number of carboxylic acid groups (broad SMARTS) is 1. The van der Waals surface area contributed by atoms with Crippen LogP contribution in [0.3, 0.4) is 0 Å². The molecule has 5 heteroatoms. The number of carboxylic acids is 1. The molecule has 0 saturated heterocycles. The third-order valence-electron chi connectivity index (χ3n) is 5.57. The Morgan fingerprint density at radius 3 is 1.57 bits per heavy atom. The van der Waals surface area contributed by atoms with E-state index in [1.165, 1.54) is 83.1 Å². The van der Waals surface area contributed by atoms with Crippen molar-refractivity contribution in [3.8, 4) is 0 Å². The van der Waals surface area contributed by atoms with Crippen LogP contribution >= 0.6 is 0 Å². The fourth-order valence-corrected chi connectivity index (χ4v) is 3.70. The summed E-state index contributed by atoms with van der Waals surface area (Å²) in [6.45, 7) is 2.91. The smallest absolute Gasteiger partial charge is 0.545 e. The van der Waals surface area contributed by atoms with Crippen LogP contribution in [0, 0.1) is 0 Å². The number of nitrogens with zero attached hydrogens (tertiary/aromatic N) is 1. The largest absolute Gasteiger partial charge is 1.00 e. The van der Waals surface area contributed by atoms with Crippen molar-refractivity contribution in [1.82, 2.24) is 4.90 Å². The number of carbonyl (C=O) groups excluding carboxylic acids is 2. The summed E-state index contributed by atoms with van der Waals surface area (Å²) in [7, 11) is 1.73. The number of aromatic carboxylic acids is 1. The quantitative estimate of drug-likeness (QED) is 0.285. The van der Waals surface area contributed by atoms with Crippen molar-refractivity contribution in [2.24, 2.45) is 0 Å². The van der Waals surface area contributed by atoms with Gasteiger partial charge in [-0.15, -0.1) is 0 Å². The molecule has 1 rings (SSSR count). The molecule has 0 bridgehead atoms. The maximum Gasteiger partial charge on any atom is 1.00 e. The van der Waals surface area contributed by atoms with Crippen molar-refractivity contribution < 1.29 is 44.3 Å². The third kappa shape index (κ3) is 12.8. The van der Waals surface area contributed by atoms with Crippen LogP contribution in [-0.2, 0) is 0 Å². The van der Waals surface area contributed by atoms with Gasteiger partial charge in [0.2, 0.25) is 0 Å². The molecule has 0 spiro atoms. The monoisotopic (exact) mass is 425 g/mol. The van der Waals surface area contributed by atoms with E-state index in [-0.39, 0.29) is 46.6 Å².